The van der Waals surface area contributed by atoms with Crippen molar-refractivity contribution in [1.29, 1.82) is 0 Å². The molecule has 0 bridgehead atoms. The standard InChI is InChI=1S/C16H15BO3/c1-2-11-19-17(18)20-16-14-9-5-3-7-12(14)13-8-4-6-10-15(13)16/h2-10,16,18H,1,11H2. The van der Waals surface area contributed by atoms with Crippen molar-refractivity contribution in [1.82, 2.24) is 0 Å². The van der Waals surface area contributed by atoms with Gasteiger partial charge >= 0.3 is 7.32 Å². The molecule has 1 N–H and O–H groups in total. The van der Waals surface area contributed by atoms with Gasteiger partial charge < -0.3 is 14.3 Å². The van der Waals surface area contributed by atoms with Crippen LogP contribution in [0.3, 0.4) is 0 Å². The number of hydrogen-bond acceptors (Lipinski definition) is 3. The van der Waals surface area contributed by atoms with Crippen molar-refractivity contribution in [2.45, 2.75) is 6.10 Å². The largest absolute Gasteiger partial charge is 0.637 e. The Morgan fingerprint density at radius 2 is 1.60 bits per heavy atom. The Kier molecular flexibility index (Phi) is 3.69. The van der Waals surface area contributed by atoms with E-state index in [2.05, 4.69) is 18.7 Å². The highest BCUT2D eigenvalue weighted by molar-refractivity contribution is 6.34. The Morgan fingerprint density at radius 3 is 2.15 bits per heavy atom. The van der Waals surface area contributed by atoms with E-state index in [0.29, 0.717) is 0 Å². The summed E-state index contributed by atoms with van der Waals surface area (Å²) in [5.41, 5.74) is 4.39. The Labute approximate surface area is 118 Å². The SMILES string of the molecule is C=CCOB(O)OC1c2ccccc2-c2ccccc21. The average molecular weight is 266 g/mol. The fourth-order valence-corrected chi connectivity index (χ4v) is 2.56. The molecular weight excluding hydrogens is 251 g/mol. The lowest BCUT2D eigenvalue weighted by Gasteiger charge is -2.16. The molecule has 20 heavy (non-hydrogen) atoms. The predicted octanol–water partition coefficient (Wildman–Crippen LogP) is 2.95. The van der Waals surface area contributed by atoms with Gasteiger partial charge in [-0.25, -0.2) is 0 Å². The van der Waals surface area contributed by atoms with E-state index in [0.717, 1.165) is 22.3 Å². The molecule has 0 heterocycles. The van der Waals surface area contributed by atoms with Crippen LogP contribution >= 0.6 is 0 Å². The Hall–Kier alpha value is -1.88. The van der Waals surface area contributed by atoms with Gasteiger partial charge in [0, 0.05) is 0 Å². The molecule has 0 atom stereocenters. The molecule has 3 nitrogen and oxygen atoms in total. The molecule has 0 unspecified atom stereocenters. The van der Waals surface area contributed by atoms with Gasteiger partial charge in [0.1, 0.15) is 0 Å². The summed E-state index contributed by atoms with van der Waals surface area (Å²) in [7, 11) is -1.27. The third kappa shape index (κ3) is 2.29. The molecule has 2 aromatic rings. The van der Waals surface area contributed by atoms with Crippen molar-refractivity contribution >= 4 is 7.32 Å². The summed E-state index contributed by atoms with van der Waals surface area (Å²) < 4.78 is 10.8. The molecule has 0 saturated carbocycles. The zero-order valence-electron chi connectivity index (χ0n) is 11.0. The zero-order valence-corrected chi connectivity index (χ0v) is 11.0. The lowest BCUT2D eigenvalue weighted by molar-refractivity contribution is 0.115. The van der Waals surface area contributed by atoms with Crippen molar-refractivity contribution in [3.05, 3.63) is 72.3 Å². The lowest BCUT2D eigenvalue weighted by Crippen LogP contribution is -2.25. The second-order valence-corrected chi connectivity index (χ2v) is 4.62. The molecule has 0 amide bonds. The van der Waals surface area contributed by atoms with Crippen molar-refractivity contribution < 1.29 is 14.3 Å². The Balaban J connectivity index is 1.92. The van der Waals surface area contributed by atoms with Crippen LogP contribution in [0.4, 0.5) is 0 Å². The Morgan fingerprint density at radius 1 is 1.05 bits per heavy atom. The summed E-state index contributed by atoms with van der Waals surface area (Å²) in [6.07, 6.45) is 1.27. The van der Waals surface area contributed by atoms with E-state index in [1.165, 1.54) is 0 Å². The lowest BCUT2D eigenvalue weighted by atomic mass is 10.1. The quantitative estimate of drug-likeness (QED) is 0.668. The van der Waals surface area contributed by atoms with Gasteiger partial charge in [-0.2, -0.15) is 0 Å². The number of fused-ring (bicyclic) bond motifs is 3. The third-order valence-electron chi connectivity index (χ3n) is 3.39. The van der Waals surface area contributed by atoms with Crippen LogP contribution in [-0.2, 0) is 9.31 Å². The maximum absolute atomic E-state index is 9.80. The van der Waals surface area contributed by atoms with E-state index in [4.69, 9.17) is 9.31 Å². The van der Waals surface area contributed by atoms with Crippen LogP contribution in [0.5, 0.6) is 0 Å². The molecule has 2 aromatic carbocycles. The predicted molar refractivity (Wildman–Crippen MR) is 78.9 cm³/mol. The summed E-state index contributed by atoms with van der Waals surface area (Å²) in [5, 5.41) is 9.80. The highest BCUT2D eigenvalue weighted by Gasteiger charge is 2.32. The van der Waals surface area contributed by atoms with Crippen LogP contribution in [0, 0.1) is 0 Å². The second kappa shape index (κ2) is 5.63. The first-order valence-electron chi connectivity index (χ1n) is 6.55. The molecule has 100 valence electrons. The summed E-state index contributed by atoms with van der Waals surface area (Å²) in [4.78, 5) is 0. The van der Waals surface area contributed by atoms with Crippen LogP contribution in [0.15, 0.2) is 61.2 Å². The fraction of sp³-hybridized carbons (Fsp3) is 0.125. The van der Waals surface area contributed by atoms with E-state index in [1.54, 1.807) is 6.08 Å². The van der Waals surface area contributed by atoms with E-state index in [9.17, 15) is 5.02 Å². The molecule has 1 aliphatic carbocycles. The Bertz CT molecular complexity index is 581. The van der Waals surface area contributed by atoms with E-state index < -0.39 is 7.32 Å². The van der Waals surface area contributed by atoms with Gasteiger partial charge in [0.05, 0.1) is 12.7 Å². The summed E-state index contributed by atoms with van der Waals surface area (Å²) >= 11 is 0. The maximum atomic E-state index is 9.80. The molecule has 1 aliphatic rings. The smallest absolute Gasteiger partial charge is 0.402 e. The summed E-state index contributed by atoms with van der Waals surface area (Å²) in [6, 6.07) is 16.1. The van der Waals surface area contributed by atoms with E-state index >= 15 is 0 Å². The molecule has 0 aromatic heterocycles. The molecule has 0 fully saturated rings. The molecule has 4 heteroatoms. The van der Waals surface area contributed by atoms with Crippen LogP contribution in [-0.4, -0.2) is 19.0 Å². The minimum Gasteiger partial charge on any atom is -0.402 e. The zero-order chi connectivity index (χ0) is 13.9. The highest BCUT2D eigenvalue weighted by atomic mass is 16.7. The van der Waals surface area contributed by atoms with Crippen molar-refractivity contribution in [2.75, 3.05) is 6.61 Å². The van der Waals surface area contributed by atoms with Crippen LogP contribution < -0.4 is 0 Å². The average Bonchev–Trinajstić information content (AvgIpc) is 2.80. The van der Waals surface area contributed by atoms with Crippen molar-refractivity contribution in [3.63, 3.8) is 0 Å². The maximum Gasteiger partial charge on any atom is 0.637 e. The number of hydrogen-bond donors (Lipinski definition) is 1. The van der Waals surface area contributed by atoms with Gasteiger partial charge in [0.2, 0.25) is 0 Å². The van der Waals surface area contributed by atoms with Gasteiger partial charge in [-0.1, -0.05) is 54.6 Å². The van der Waals surface area contributed by atoms with Gasteiger partial charge in [-0.15, -0.1) is 6.58 Å². The van der Waals surface area contributed by atoms with Crippen molar-refractivity contribution in [3.8, 4) is 11.1 Å². The molecule has 0 spiro atoms. The van der Waals surface area contributed by atoms with Crippen LogP contribution in [0.25, 0.3) is 11.1 Å². The van der Waals surface area contributed by atoms with Gasteiger partial charge in [0.15, 0.2) is 0 Å². The van der Waals surface area contributed by atoms with Crippen LogP contribution in [0.1, 0.15) is 17.2 Å². The minimum atomic E-state index is -1.27. The topological polar surface area (TPSA) is 38.7 Å². The van der Waals surface area contributed by atoms with Gasteiger partial charge in [-0.3, -0.25) is 0 Å². The normalized spacial score (nSPS) is 12.8. The monoisotopic (exact) mass is 266 g/mol. The van der Waals surface area contributed by atoms with Gasteiger partial charge in [0.25, 0.3) is 0 Å². The first kappa shape index (κ1) is 13.1. The molecule has 3 rings (SSSR count). The van der Waals surface area contributed by atoms with E-state index in [1.807, 2.05) is 36.4 Å². The fourth-order valence-electron chi connectivity index (χ4n) is 2.56. The van der Waals surface area contributed by atoms with Crippen LogP contribution in [0.2, 0.25) is 0 Å². The molecule has 0 saturated heterocycles. The minimum absolute atomic E-state index is 0.247. The number of benzene rings is 2. The first-order chi connectivity index (χ1) is 9.81. The summed E-state index contributed by atoms with van der Waals surface area (Å²) in [6.45, 7) is 3.79. The molecule has 0 radical (unpaired) electrons. The molecule has 0 aliphatic heterocycles. The highest BCUT2D eigenvalue weighted by Crippen LogP contribution is 2.45. The van der Waals surface area contributed by atoms with E-state index in [-0.39, 0.29) is 12.7 Å². The second-order valence-electron chi connectivity index (χ2n) is 4.62. The van der Waals surface area contributed by atoms with Gasteiger partial charge in [-0.05, 0) is 22.3 Å². The number of rotatable bonds is 5. The first-order valence-corrected chi connectivity index (χ1v) is 6.55. The summed E-state index contributed by atoms with van der Waals surface area (Å²) in [5.74, 6) is 0. The van der Waals surface area contributed by atoms with Crippen molar-refractivity contribution in [2.24, 2.45) is 0 Å². The molecular formula is C16H15BO3. The third-order valence-corrected chi connectivity index (χ3v) is 3.39.